The zero-order valence-corrected chi connectivity index (χ0v) is 15.1. The number of ether oxygens (including phenoxy) is 1. The molecular formula is C16H20N2O3S2. The Bertz CT molecular complexity index is 659. The number of nitrogens with one attached hydrogen (secondary N) is 1. The van der Waals surface area contributed by atoms with Crippen LogP contribution in [0.4, 0.5) is 0 Å². The standard InChI is InChI=1S/C16H20N2O3S2/c1-16(2,3)18-13(19)10-21-14(20)8-9-22-15-17-11-6-4-5-7-12(11)23-15/h4-7H,8-10H2,1-3H3,(H,18,19). The number of para-hydroxylation sites is 1. The summed E-state index contributed by atoms with van der Waals surface area (Å²) in [6, 6.07) is 7.93. The van der Waals surface area contributed by atoms with Gasteiger partial charge in [-0.2, -0.15) is 0 Å². The highest BCUT2D eigenvalue weighted by Crippen LogP contribution is 2.29. The predicted octanol–water partition coefficient (Wildman–Crippen LogP) is 3.24. The summed E-state index contributed by atoms with van der Waals surface area (Å²) in [4.78, 5) is 27.7. The Labute approximate surface area is 143 Å². The summed E-state index contributed by atoms with van der Waals surface area (Å²) in [6.45, 7) is 5.39. The smallest absolute Gasteiger partial charge is 0.307 e. The van der Waals surface area contributed by atoms with E-state index in [1.807, 2.05) is 45.0 Å². The number of carbonyl (C=O) groups excluding carboxylic acids is 2. The Balaban J connectivity index is 1.69. The molecular weight excluding hydrogens is 332 g/mol. The summed E-state index contributed by atoms with van der Waals surface area (Å²) in [5.74, 6) is -0.0770. The number of benzene rings is 1. The van der Waals surface area contributed by atoms with E-state index in [0.717, 1.165) is 14.6 Å². The molecule has 23 heavy (non-hydrogen) atoms. The van der Waals surface area contributed by atoms with Gasteiger partial charge < -0.3 is 10.1 Å². The van der Waals surface area contributed by atoms with Crippen LogP contribution >= 0.6 is 23.1 Å². The number of carbonyl (C=O) groups is 2. The van der Waals surface area contributed by atoms with Crippen molar-refractivity contribution in [3.05, 3.63) is 24.3 Å². The van der Waals surface area contributed by atoms with Gasteiger partial charge in [-0.15, -0.1) is 11.3 Å². The van der Waals surface area contributed by atoms with E-state index in [0.29, 0.717) is 5.75 Å². The zero-order valence-electron chi connectivity index (χ0n) is 13.4. The van der Waals surface area contributed by atoms with Crippen molar-refractivity contribution in [3.63, 3.8) is 0 Å². The van der Waals surface area contributed by atoms with Gasteiger partial charge >= 0.3 is 5.97 Å². The summed E-state index contributed by atoms with van der Waals surface area (Å²) < 4.78 is 7.04. The van der Waals surface area contributed by atoms with Crippen LogP contribution in [0.25, 0.3) is 10.2 Å². The van der Waals surface area contributed by atoms with Gasteiger partial charge in [0.05, 0.1) is 16.6 Å². The van der Waals surface area contributed by atoms with Crippen molar-refractivity contribution in [2.45, 2.75) is 37.1 Å². The molecule has 124 valence electrons. The first-order valence-electron chi connectivity index (χ1n) is 7.28. The Hall–Kier alpha value is -1.60. The maximum absolute atomic E-state index is 11.6. The van der Waals surface area contributed by atoms with Crippen molar-refractivity contribution in [2.75, 3.05) is 12.4 Å². The van der Waals surface area contributed by atoms with Gasteiger partial charge in [-0.05, 0) is 32.9 Å². The van der Waals surface area contributed by atoms with Crippen LogP contribution in [0.2, 0.25) is 0 Å². The number of hydrogen-bond acceptors (Lipinski definition) is 6. The molecule has 7 heteroatoms. The first-order valence-corrected chi connectivity index (χ1v) is 9.09. The molecule has 1 aromatic carbocycles. The van der Waals surface area contributed by atoms with E-state index in [2.05, 4.69) is 10.3 Å². The second kappa shape index (κ2) is 7.79. The highest BCUT2D eigenvalue weighted by atomic mass is 32.2. The minimum atomic E-state index is -0.373. The van der Waals surface area contributed by atoms with Gasteiger partial charge in [-0.25, -0.2) is 4.98 Å². The molecule has 1 heterocycles. The SMILES string of the molecule is CC(C)(C)NC(=O)COC(=O)CCSc1nc2ccccc2s1. The fraction of sp³-hybridized carbons (Fsp3) is 0.438. The van der Waals surface area contributed by atoms with Crippen molar-refractivity contribution in [2.24, 2.45) is 0 Å². The first-order chi connectivity index (χ1) is 10.8. The monoisotopic (exact) mass is 352 g/mol. The number of esters is 1. The molecule has 5 nitrogen and oxygen atoms in total. The van der Waals surface area contributed by atoms with Crippen LogP contribution < -0.4 is 5.32 Å². The molecule has 0 aliphatic carbocycles. The molecule has 0 saturated carbocycles. The fourth-order valence-electron chi connectivity index (χ4n) is 1.81. The van der Waals surface area contributed by atoms with E-state index < -0.39 is 0 Å². The summed E-state index contributed by atoms with van der Waals surface area (Å²) in [7, 11) is 0. The van der Waals surface area contributed by atoms with Crippen LogP contribution in [0, 0.1) is 0 Å². The lowest BCUT2D eigenvalue weighted by Gasteiger charge is -2.20. The maximum atomic E-state index is 11.6. The highest BCUT2D eigenvalue weighted by molar-refractivity contribution is 8.01. The molecule has 1 N–H and O–H groups in total. The Morgan fingerprint density at radius 3 is 2.74 bits per heavy atom. The predicted molar refractivity (Wildman–Crippen MR) is 93.8 cm³/mol. The fourth-order valence-corrected chi connectivity index (χ4v) is 3.87. The molecule has 0 aliphatic rings. The van der Waals surface area contributed by atoms with Gasteiger partial charge in [0, 0.05) is 11.3 Å². The average molecular weight is 352 g/mol. The third kappa shape index (κ3) is 6.19. The molecule has 0 unspecified atom stereocenters. The van der Waals surface area contributed by atoms with Gasteiger partial charge in [0.1, 0.15) is 0 Å². The van der Waals surface area contributed by atoms with Gasteiger partial charge in [0.15, 0.2) is 10.9 Å². The highest BCUT2D eigenvalue weighted by Gasteiger charge is 2.15. The molecule has 0 bridgehead atoms. The van der Waals surface area contributed by atoms with Crippen LogP contribution in [0.1, 0.15) is 27.2 Å². The van der Waals surface area contributed by atoms with Crippen LogP contribution in [0.3, 0.4) is 0 Å². The van der Waals surface area contributed by atoms with Crippen molar-refractivity contribution in [1.82, 2.24) is 10.3 Å². The topological polar surface area (TPSA) is 68.3 Å². The quantitative estimate of drug-likeness (QED) is 0.638. The van der Waals surface area contributed by atoms with Crippen LogP contribution in [-0.2, 0) is 14.3 Å². The molecule has 0 saturated heterocycles. The van der Waals surface area contributed by atoms with E-state index in [1.54, 1.807) is 11.3 Å². The number of nitrogens with zero attached hydrogens (tertiary/aromatic N) is 1. The lowest BCUT2D eigenvalue weighted by molar-refractivity contribution is -0.148. The number of fused-ring (bicyclic) bond motifs is 1. The molecule has 1 aromatic heterocycles. The number of rotatable bonds is 6. The number of thiazole rings is 1. The van der Waals surface area contributed by atoms with Crippen molar-refractivity contribution >= 4 is 45.2 Å². The van der Waals surface area contributed by atoms with Gasteiger partial charge in [0.2, 0.25) is 0 Å². The normalized spacial score (nSPS) is 11.4. The van der Waals surface area contributed by atoms with Gasteiger partial charge in [-0.3, -0.25) is 9.59 Å². The zero-order chi connectivity index (χ0) is 16.9. The summed E-state index contributed by atoms with van der Waals surface area (Å²) in [5.41, 5.74) is 0.646. The van der Waals surface area contributed by atoms with Crippen molar-refractivity contribution < 1.29 is 14.3 Å². The Kier molecular flexibility index (Phi) is 6.01. The molecule has 0 fully saturated rings. The average Bonchev–Trinajstić information content (AvgIpc) is 2.86. The minimum Gasteiger partial charge on any atom is -0.456 e. The number of aromatic nitrogens is 1. The summed E-state index contributed by atoms with van der Waals surface area (Å²) in [5, 5.41) is 2.74. The molecule has 1 amide bonds. The minimum absolute atomic E-state index is 0.234. The number of amides is 1. The van der Waals surface area contributed by atoms with E-state index in [4.69, 9.17) is 4.74 Å². The van der Waals surface area contributed by atoms with Crippen molar-refractivity contribution in [1.29, 1.82) is 0 Å². The molecule has 2 aromatic rings. The Morgan fingerprint density at radius 1 is 1.30 bits per heavy atom. The van der Waals surface area contributed by atoms with Gasteiger partial charge in [-0.1, -0.05) is 23.9 Å². The molecule has 0 aliphatic heterocycles. The molecule has 0 atom stereocenters. The van der Waals surface area contributed by atoms with Crippen LogP contribution in [0.5, 0.6) is 0 Å². The van der Waals surface area contributed by atoms with Crippen LogP contribution in [-0.4, -0.2) is 34.8 Å². The van der Waals surface area contributed by atoms with E-state index in [-0.39, 0.29) is 30.4 Å². The maximum Gasteiger partial charge on any atom is 0.307 e. The second-order valence-electron chi connectivity index (χ2n) is 6.00. The van der Waals surface area contributed by atoms with Gasteiger partial charge in [0.25, 0.3) is 5.91 Å². The van der Waals surface area contributed by atoms with Crippen LogP contribution in [0.15, 0.2) is 28.6 Å². The van der Waals surface area contributed by atoms with Crippen molar-refractivity contribution in [3.8, 4) is 0 Å². The Morgan fingerprint density at radius 2 is 2.04 bits per heavy atom. The lowest BCUT2D eigenvalue weighted by Crippen LogP contribution is -2.42. The summed E-state index contributed by atoms with van der Waals surface area (Å²) in [6.07, 6.45) is 0.253. The number of hydrogen-bond donors (Lipinski definition) is 1. The number of thioether (sulfide) groups is 1. The van der Waals surface area contributed by atoms with E-state index >= 15 is 0 Å². The third-order valence-corrected chi connectivity index (χ3v) is 4.87. The molecule has 0 spiro atoms. The largest absolute Gasteiger partial charge is 0.456 e. The third-order valence-electron chi connectivity index (χ3n) is 2.68. The van der Waals surface area contributed by atoms with E-state index in [9.17, 15) is 9.59 Å². The second-order valence-corrected chi connectivity index (χ2v) is 8.38. The summed E-state index contributed by atoms with van der Waals surface area (Å²) >= 11 is 3.13. The molecule has 0 radical (unpaired) electrons. The lowest BCUT2D eigenvalue weighted by atomic mass is 10.1. The first kappa shape index (κ1) is 17.7. The van der Waals surface area contributed by atoms with E-state index in [1.165, 1.54) is 11.8 Å². The molecule has 2 rings (SSSR count).